The van der Waals surface area contributed by atoms with Crippen LogP contribution >= 0.6 is 0 Å². The molecule has 0 fully saturated rings. The maximum absolute atomic E-state index is 5.92. The number of aryl methyl sites for hydroxylation is 2. The molecule has 1 aromatic rings. The standard InChI is InChI=1S/C15H26O/c1-7-13(8-2)15(10(3)4)14-9-11(5)12(6)16-14/h9-10,13,15H,7-8H2,1-6H3/t15-/m0/s1. The SMILES string of the molecule is CCC(CC)[C@@H](c1cc(C)c(C)o1)C(C)C. The fourth-order valence-electron chi connectivity index (χ4n) is 2.67. The van der Waals surface area contributed by atoms with Gasteiger partial charge in [-0.25, -0.2) is 0 Å². The Morgan fingerprint density at radius 1 is 1.12 bits per heavy atom. The van der Waals surface area contributed by atoms with E-state index in [2.05, 4.69) is 47.6 Å². The number of hydrogen-bond acceptors (Lipinski definition) is 1. The summed E-state index contributed by atoms with van der Waals surface area (Å²) in [6, 6.07) is 2.23. The average Bonchev–Trinajstić information content (AvgIpc) is 2.54. The fourth-order valence-corrected chi connectivity index (χ4v) is 2.67. The van der Waals surface area contributed by atoms with Gasteiger partial charge in [-0.3, -0.25) is 0 Å². The van der Waals surface area contributed by atoms with Crippen molar-refractivity contribution in [3.8, 4) is 0 Å². The molecule has 0 unspecified atom stereocenters. The van der Waals surface area contributed by atoms with E-state index in [9.17, 15) is 0 Å². The Kier molecular flexibility index (Phi) is 4.64. The van der Waals surface area contributed by atoms with Gasteiger partial charge in [0.25, 0.3) is 0 Å². The summed E-state index contributed by atoms with van der Waals surface area (Å²) < 4.78 is 5.92. The molecule has 0 saturated heterocycles. The van der Waals surface area contributed by atoms with E-state index in [0.717, 1.165) is 11.7 Å². The summed E-state index contributed by atoms with van der Waals surface area (Å²) >= 11 is 0. The molecule has 16 heavy (non-hydrogen) atoms. The van der Waals surface area contributed by atoms with Gasteiger partial charge in [0.1, 0.15) is 11.5 Å². The molecule has 0 aliphatic rings. The third-order valence-corrected chi connectivity index (χ3v) is 3.79. The van der Waals surface area contributed by atoms with Crippen molar-refractivity contribution in [1.29, 1.82) is 0 Å². The zero-order valence-corrected chi connectivity index (χ0v) is 11.6. The highest BCUT2D eigenvalue weighted by molar-refractivity contribution is 5.22. The molecule has 92 valence electrons. The van der Waals surface area contributed by atoms with Crippen molar-refractivity contribution in [3.05, 3.63) is 23.2 Å². The summed E-state index contributed by atoms with van der Waals surface area (Å²) in [5.41, 5.74) is 1.28. The average molecular weight is 222 g/mol. The second-order valence-corrected chi connectivity index (χ2v) is 5.23. The minimum absolute atomic E-state index is 0.572. The molecule has 1 aromatic heterocycles. The predicted octanol–water partition coefficient (Wildman–Crippen LogP) is 5.07. The molecule has 0 bridgehead atoms. The molecule has 0 amide bonds. The van der Waals surface area contributed by atoms with Gasteiger partial charge in [-0.2, -0.15) is 0 Å². The molecular formula is C15H26O. The molecule has 0 N–H and O–H groups in total. The van der Waals surface area contributed by atoms with E-state index in [-0.39, 0.29) is 0 Å². The third-order valence-electron chi connectivity index (χ3n) is 3.79. The topological polar surface area (TPSA) is 13.1 Å². The Hall–Kier alpha value is -0.720. The fraction of sp³-hybridized carbons (Fsp3) is 0.733. The molecule has 1 heterocycles. The Bertz CT molecular complexity index is 299. The summed E-state index contributed by atoms with van der Waals surface area (Å²) in [5, 5.41) is 0. The Morgan fingerprint density at radius 2 is 1.69 bits per heavy atom. The van der Waals surface area contributed by atoms with Crippen molar-refractivity contribution < 1.29 is 4.42 Å². The van der Waals surface area contributed by atoms with Crippen LogP contribution in [0.15, 0.2) is 10.5 Å². The van der Waals surface area contributed by atoms with Crippen molar-refractivity contribution >= 4 is 0 Å². The lowest BCUT2D eigenvalue weighted by molar-refractivity contribution is 0.276. The summed E-state index contributed by atoms with van der Waals surface area (Å²) in [4.78, 5) is 0. The van der Waals surface area contributed by atoms with Gasteiger partial charge in [-0.1, -0.05) is 40.5 Å². The van der Waals surface area contributed by atoms with E-state index in [0.29, 0.717) is 11.8 Å². The monoisotopic (exact) mass is 222 g/mol. The Labute approximate surface area is 100 Å². The van der Waals surface area contributed by atoms with Gasteiger partial charge in [-0.15, -0.1) is 0 Å². The number of rotatable bonds is 5. The van der Waals surface area contributed by atoms with E-state index < -0.39 is 0 Å². The lowest BCUT2D eigenvalue weighted by Crippen LogP contribution is -2.16. The van der Waals surface area contributed by atoms with Crippen LogP contribution in [0, 0.1) is 25.7 Å². The quantitative estimate of drug-likeness (QED) is 0.677. The highest BCUT2D eigenvalue weighted by Gasteiger charge is 2.26. The van der Waals surface area contributed by atoms with Gasteiger partial charge in [0.05, 0.1) is 0 Å². The zero-order valence-electron chi connectivity index (χ0n) is 11.6. The maximum Gasteiger partial charge on any atom is 0.108 e. The first-order valence-electron chi connectivity index (χ1n) is 6.58. The van der Waals surface area contributed by atoms with Crippen molar-refractivity contribution in [2.24, 2.45) is 11.8 Å². The summed E-state index contributed by atoms with van der Waals surface area (Å²) in [6.07, 6.45) is 2.47. The van der Waals surface area contributed by atoms with Crippen LogP contribution in [0.4, 0.5) is 0 Å². The highest BCUT2D eigenvalue weighted by atomic mass is 16.3. The Morgan fingerprint density at radius 3 is 2.00 bits per heavy atom. The van der Waals surface area contributed by atoms with E-state index in [4.69, 9.17) is 4.42 Å². The van der Waals surface area contributed by atoms with Crippen LogP contribution in [-0.2, 0) is 0 Å². The minimum atomic E-state index is 0.572. The van der Waals surface area contributed by atoms with E-state index in [1.165, 1.54) is 24.2 Å². The first kappa shape index (κ1) is 13.3. The predicted molar refractivity (Wildman–Crippen MR) is 69.8 cm³/mol. The summed E-state index contributed by atoms with van der Waals surface area (Å²) in [7, 11) is 0. The molecule has 1 nitrogen and oxygen atoms in total. The van der Waals surface area contributed by atoms with E-state index in [1.54, 1.807) is 0 Å². The van der Waals surface area contributed by atoms with Crippen molar-refractivity contribution in [3.63, 3.8) is 0 Å². The normalized spacial score (nSPS) is 13.8. The van der Waals surface area contributed by atoms with Gasteiger partial charge in [0.15, 0.2) is 0 Å². The van der Waals surface area contributed by atoms with E-state index in [1.807, 2.05) is 0 Å². The van der Waals surface area contributed by atoms with Crippen LogP contribution in [0.1, 0.15) is 63.5 Å². The van der Waals surface area contributed by atoms with Gasteiger partial charge < -0.3 is 4.42 Å². The van der Waals surface area contributed by atoms with Gasteiger partial charge in [-0.05, 0) is 37.3 Å². The summed E-state index contributed by atoms with van der Waals surface area (Å²) in [5.74, 6) is 4.23. The van der Waals surface area contributed by atoms with Gasteiger partial charge in [0.2, 0.25) is 0 Å². The smallest absolute Gasteiger partial charge is 0.108 e. The molecule has 0 spiro atoms. The van der Waals surface area contributed by atoms with Crippen LogP contribution in [-0.4, -0.2) is 0 Å². The molecule has 0 aliphatic carbocycles. The highest BCUT2D eigenvalue weighted by Crippen LogP contribution is 2.37. The second-order valence-electron chi connectivity index (χ2n) is 5.23. The molecule has 0 saturated carbocycles. The van der Waals surface area contributed by atoms with Gasteiger partial charge >= 0.3 is 0 Å². The molecule has 0 aromatic carbocycles. The second kappa shape index (κ2) is 5.56. The molecule has 0 aliphatic heterocycles. The van der Waals surface area contributed by atoms with Crippen molar-refractivity contribution in [2.75, 3.05) is 0 Å². The lowest BCUT2D eigenvalue weighted by Gasteiger charge is -2.27. The molecular weight excluding hydrogens is 196 g/mol. The van der Waals surface area contributed by atoms with Crippen molar-refractivity contribution in [1.82, 2.24) is 0 Å². The van der Waals surface area contributed by atoms with Crippen LogP contribution < -0.4 is 0 Å². The van der Waals surface area contributed by atoms with Crippen LogP contribution in [0.2, 0.25) is 0 Å². The maximum atomic E-state index is 5.92. The zero-order chi connectivity index (χ0) is 12.3. The molecule has 1 rings (SSSR count). The number of hydrogen-bond donors (Lipinski definition) is 0. The first-order chi connectivity index (χ1) is 7.51. The summed E-state index contributed by atoms with van der Waals surface area (Å²) in [6.45, 7) is 13.4. The molecule has 1 atom stereocenters. The van der Waals surface area contributed by atoms with Gasteiger partial charge in [0, 0.05) is 5.92 Å². The molecule has 1 heteroatoms. The lowest BCUT2D eigenvalue weighted by atomic mass is 9.78. The Balaban J connectivity index is 3.01. The van der Waals surface area contributed by atoms with Crippen LogP contribution in [0.3, 0.4) is 0 Å². The third kappa shape index (κ3) is 2.69. The molecule has 0 radical (unpaired) electrons. The first-order valence-corrected chi connectivity index (χ1v) is 6.58. The number of furan rings is 1. The van der Waals surface area contributed by atoms with Crippen LogP contribution in [0.25, 0.3) is 0 Å². The van der Waals surface area contributed by atoms with E-state index >= 15 is 0 Å². The largest absolute Gasteiger partial charge is 0.466 e. The van der Waals surface area contributed by atoms with Crippen molar-refractivity contribution in [2.45, 2.75) is 60.3 Å². The minimum Gasteiger partial charge on any atom is -0.466 e. The van der Waals surface area contributed by atoms with Crippen LogP contribution in [0.5, 0.6) is 0 Å².